The summed E-state index contributed by atoms with van der Waals surface area (Å²) in [5.41, 5.74) is 4.09. The number of nitrogens with zero attached hydrogens (tertiary/aromatic N) is 2. The van der Waals surface area contributed by atoms with Crippen molar-refractivity contribution in [3.05, 3.63) is 34.9 Å². The standard InChI is InChI=1S/C27H42ClN5O3/c1-19(2)27(36)33(23-7-5-4-6-8-23)24-13-16-32(18-24)31-26(35)25(30-15-14-29-20(3)34)17-21-9-11-22(28)12-10-21/h9-12,19,23-25,30H,4-8,13-18H2,1-3H3,(H,29,34)(H,31,35)/t24-,25+/m0/s1. The zero-order chi connectivity index (χ0) is 26.1. The monoisotopic (exact) mass is 519 g/mol. The van der Waals surface area contributed by atoms with Gasteiger partial charge in [0.25, 0.3) is 5.91 Å². The summed E-state index contributed by atoms with van der Waals surface area (Å²) in [5.74, 6) is -0.0302. The summed E-state index contributed by atoms with van der Waals surface area (Å²) in [6, 6.07) is 7.44. The first-order valence-corrected chi connectivity index (χ1v) is 13.7. The Labute approximate surface area is 220 Å². The maximum absolute atomic E-state index is 13.3. The van der Waals surface area contributed by atoms with Gasteiger partial charge in [-0.3, -0.25) is 19.8 Å². The highest BCUT2D eigenvalue weighted by Gasteiger charge is 2.37. The lowest BCUT2D eigenvalue weighted by molar-refractivity contribution is -0.140. The van der Waals surface area contributed by atoms with Gasteiger partial charge in [0.1, 0.15) is 0 Å². The van der Waals surface area contributed by atoms with Crippen LogP contribution in [0.5, 0.6) is 0 Å². The molecule has 2 atom stereocenters. The largest absolute Gasteiger partial charge is 0.355 e. The topological polar surface area (TPSA) is 93.8 Å². The minimum Gasteiger partial charge on any atom is -0.355 e. The second-order valence-electron chi connectivity index (χ2n) is 10.4. The maximum atomic E-state index is 13.3. The van der Waals surface area contributed by atoms with E-state index >= 15 is 0 Å². The van der Waals surface area contributed by atoms with Crippen LogP contribution in [-0.4, -0.2) is 71.9 Å². The summed E-state index contributed by atoms with van der Waals surface area (Å²) in [5, 5.41) is 8.65. The molecule has 8 nitrogen and oxygen atoms in total. The van der Waals surface area contributed by atoms with E-state index in [2.05, 4.69) is 21.0 Å². The number of hydrogen-bond donors (Lipinski definition) is 3. The second-order valence-corrected chi connectivity index (χ2v) is 10.8. The molecule has 3 rings (SSSR count). The molecule has 1 heterocycles. The average Bonchev–Trinajstić information content (AvgIpc) is 3.30. The van der Waals surface area contributed by atoms with E-state index in [9.17, 15) is 14.4 Å². The third kappa shape index (κ3) is 8.46. The Balaban J connectivity index is 1.62. The molecule has 200 valence electrons. The van der Waals surface area contributed by atoms with Gasteiger partial charge in [0.2, 0.25) is 11.8 Å². The molecule has 0 radical (unpaired) electrons. The number of nitrogens with one attached hydrogen (secondary N) is 3. The molecule has 0 bridgehead atoms. The first-order valence-electron chi connectivity index (χ1n) is 13.3. The predicted octanol–water partition coefficient (Wildman–Crippen LogP) is 2.90. The molecule has 0 aromatic heterocycles. The lowest BCUT2D eigenvalue weighted by Crippen LogP contribution is -2.54. The zero-order valence-corrected chi connectivity index (χ0v) is 22.7. The molecule has 2 fully saturated rings. The van der Waals surface area contributed by atoms with Crippen LogP contribution >= 0.6 is 11.6 Å². The normalized spacial score (nSPS) is 19.8. The van der Waals surface area contributed by atoms with Gasteiger partial charge in [-0.25, -0.2) is 5.01 Å². The summed E-state index contributed by atoms with van der Waals surface area (Å²) < 4.78 is 0. The van der Waals surface area contributed by atoms with Crippen LogP contribution in [0.4, 0.5) is 0 Å². The van der Waals surface area contributed by atoms with E-state index in [1.165, 1.54) is 26.2 Å². The minimum atomic E-state index is -0.467. The van der Waals surface area contributed by atoms with Crippen LogP contribution in [0.2, 0.25) is 5.02 Å². The fourth-order valence-electron chi connectivity index (χ4n) is 5.22. The quantitative estimate of drug-likeness (QED) is 0.391. The Hall–Kier alpha value is -2.16. The Morgan fingerprint density at radius 3 is 2.36 bits per heavy atom. The lowest BCUT2D eigenvalue weighted by atomic mass is 9.92. The smallest absolute Gasteiger partial charge is 0.251 e. The summed E-state index contributed by atoms with van der Waals surface area (Å²) >= 11 is 6.02. The number of amides is 3. The van der Waals surface area contributed by atoms with E-state index in [-0.39, 0.29) is 29.7 Å². The SMILES string of the molecule is CC(=O)NCCN[C@H](Cc1ccc(Cl)cc1)C(=O)NN1CC[C@H](N(C(=O)C(C)C)C2CCCCC2)C1. The van der Waals surface area contributed by atoms with Crippen molar-refractivity contribution in [2.45, 2.75) is 83.8 Å². The fraction of sp³-hybridized carbons (Fsp3) is 0.667. The number of carbonyl (C=O) groups is 3. The van der Waals surface area contributed by atoms with E-state index in [0.29, 0.717) is 43.7 Å². The molecule has 1 aliphatic heterocycles. The number of carbonyl (C=O) groups excluding carboxylic acids is 3. The van der Waals surface area contributed by atoms with Gasteiger partial charge in [-0.2, -0.15) is 0 Å². The number of rotatable bonds is 11. The molecular weight excluding hydrogens is 478 g/mol. The summed E-state index contributed by atoms with van der Waals surface area (Å²) in [4.78, 5) is 39.8. The molecule has 1 aromatic rings. The molecular formula is C27H42ClN5O3. The molecule has 36 heavy (non-hydrogen) atoms. The minimum absolute atomic E-state index is 0.0351. The van der Waals surface area contributed by atoms with Crippen molar-refractivity contribution < 1.29 is 14.4 Å². The van der Waals surface area contributed by atoms with E-state index in [0.717, 1.165) is 24.8 Å². The van der Waals surface area contributed by atoms with Crippen molar-refractivity contribution in [1.82, 2.24) is 26.0 Å². The Kier molecular flexibility index (Phi) is 11.0. The summed E-state index contributed by atoms with van der Waals surface area (Å²) in [6.07, 6.45) is 7.10. The highest BCUT2D eigenvalue weighted by molar-refractivity contribution is 6.30. The van der Waals surface area contributed by atoms with Crippen LogP contribution in [0.15, 0.2) is 24.3 Å². The Morgan fingerprint density at radius 1 is 1.03 bits per heavy atom. The van der Waals surface area contributed by atoms with Crippen molar-refractivity contribution in [2.24, 2.45) is 5.92 Å². The molecule has 1 aliphatic carbocycles. The highest BCUT2D eigenvalue weighted by atomic mass is 35.5. The van der Waals surface area contributed by atoms with Crippen molar-refractivity contribution in [1.29, 1.82) is 0 Å². The second kappa shape index (κ2) is 14.0. The van der Waals surface area contributed by atoms with Crippen LogP contribution in [0.25, 0.3) is 0 Å². The van der Waals surface area contributed by atoms with Crippen LogP contribution < -0.4 is 16.1 Å². The van der Waals surface area contributed by atoms with Crippen molar-refractivity contribution >= 4 is 29.3 Å². The van der Waals surface area contributed by atoms with E-state index in [1.807, 2.05) is 43.1 Å². The number of hydrazine groups is 1. The van der Waals surface area contributed by atoms with Crippen LogP contribution in [0, 0.1) is 5.92 Å². The Bertz CT molecular complexity index is 873. The van der Waals surface area contributed by atoms with Crippen molar-refractivity contribution in [3.63, 3.8) is 0 Å². The zero-order valence-electron chi connectivity index (χ0n) is 21.9. The highest BCUT2D eigenvalue weighted by Crippen LogP contribution is 2.28. The molecule has 0 unspecified atom stereocenters. The van der Waals surface area contributed by atoms with Gasteiger partial charge in [0.15, 0.2) is 0 Å². The lowest BCUT2D eigenvalue weighted by Gasteiger charge is -2.39. The third-order valence-electron chi connectivity index (χ3n) is 7.10. The molecule has 1 saturated carbocycles. The van der Waals surface area contributed by atoms with Crippen molar-refractivity contribution in [3.8, 4) is 0 Å². The van der Waals surface area contributed by atoms with Gasteiger partial charge < -0.3 is 15.5 Å². The number of hydrogen-bond acceptors (Lipinski definition) is 5. The fourth-order valence-corrected chi connectivity index (χ4v) is 5.34. The van der Waals surface area contributed by atoms with Gasteiger partial charge in [0.05, 0.1) is 6.04 Å². The molecule has 9 heteroatoms. The molecule has 0 spiro atoms. The molecule has 3 amide bonds. The molecule has 2 aliphatic rings. The van der Waals surface area contributed by atoms with E-state index in [1.54, 1.807) is 0 Å². The van der Waals surface area contributed by atoms with Gasteiger partial charge >= 0.3 is 0 Å². The molecule has 3 N–H and O–H groups in total. The summed E-state index contributed by atoms with van der Waals surface area (Å²) in [7, 11) is 0. The van der Waals surface area contributed by atoms with E-state index < -0.39 is 6.04 Å². The third-order valence-corrected chi connectivity index (χ3v) is 7.35. The van der Waals surface area contributed by atoms with Crippen LogP contribution in [0.1, 0.15) is 64.9 Å². The van der Waals surface area contributed by atoms with Crippen LogP contribution in [-0.2, 0) is 20.8 Å². The molecule has 1 aromatic carbocycles. The first kappa shape index (κ1) is 28.4. The van der Waals surface area contributed by atoms with Gasteiger partial charge in [-0.15, -0.1) is 0 Å². The average molecular weight is 520 g/mol. The Morgan fingerprint density at radius 2 is 1.72 bits per heavy atom. The van der Waals surface area contributed by atoms with Gasteiger partial charge in [-0.05, 0) is 43.4 Å². The van der Waals surface area contributed by atoms with E-state index in [4.69, 9.17) is 11.6 Å². The van der Waals surface area contributed by atoms with Crippen molar-refractivity contribution in [2.75, 3.05) is 26.2 Å². The van der Waals surface area contributed by atoms with Gasteiger partial charge in [-0.1, -0.05) is 56.8 Å². The number of benzene rings is 1. The number of halogens is 1. The van der Waals surface area contributed by atoms with Crippen LogP contribution in [0.3, 0.4) is 0 Å². The predicted molar refractivity (Wildman–Crippen MR) is 142 cm³/mol. The maximum Gasteiger partial charge on any atom is 0.251 e. The van der Waals surface area contributed by atoms with Gasteiger partial charge in [0, 0.05) is 56.1 Å². The molecule has 1 saturated heterocycles. The first-order chi connectivity index (χ1) is 17.2. The summed E-state index contributed by atoms with van der Waals surface area (Å²) in [6.45, 7) is 7.69.